The van der Waals surface area contributed by atoms with Gasteiger partial charge < -0.3 is 10.2 Å². The van der Waals surface area contributed by atoms with Crippen molar-refractivity contribution >= 4 is 17.1 Å². The Morgan fingerprint density at radius 2 is 1.96 bits per heavy atom. The Morgan fingerprint density at radius 1 is 1.16 bits per heavy atom. The lowest BCUT2D eigenvalue weighted by molar-refractivity contribution is -0.384. The molecule has 2 N–H and O–H groups in total. The quantitative estimate of drug-likeness (QED) is 0.423. The minimum absolute atomic E-state index is 0.0656. The van der Waals surface area contributed by atoms with Gasteiger partial charge in [-0.3, -0.25) is 10.1 Å². The molecule has 1 aromatic heterocycles. The van der Waals surface area contributed by atoms with E-state index in [1.54, 1.807) is 36.1 Å². The van der Waals surface area contributed by atoms with Crippen molar-refractivity contribution in [1.82, 2.24) is 9.78 Å². The van der Waals surface area contributed by atoms with Gasteiger partial charge in [0.05, 0.1) is 10.6 Å². The van der Waals surface area contributed by atoms with Crippen LogP contribution in [0.15, 0.2) is 59.0 Å². The molecule has 0 unspecified atom stereocenters. The lowest BCUT2D eigenvalue weighted by Gasteiger charge is -2.07. The Morgan fingerprint density at radius 3 is 2.60 bits per heavy atom. The number of hydrogen-bond donors (Lipinski definition) is 2. The minimum Gasteiger partial charge on any atom is -0.506 e. The molecule has 0 aliphatic carbocycles. The number of aromatic nitrogens is 2. The van der Waals surface area contributed by atoms with Crippen LogP contribution >= 0.6 is 0 Å². The summed E-state index contributed by atoms with van der Waals surface area (Å²) in [6.45, 7) is 1.73. The fraction of sp³-hybridized carbons (Fsp3) is 0.0625. The van der Waals surface area contributed by atoms with E-state index in [0.717, 1.165) is 12.1 Å². The van der Waals surface area contributed by atoms with E-state index in [9.17, 15) is 20.3 Å². The van der Waals surface area contributed by atoms with Crippen molar-refractivity contribution < 1.29 is 15.1 Å². The molecular formula is C16H13N5O4. The van der Waals surface area contributed by atoms with E-state index < -0.39 is 4.92 Å². The molecule has 0 saturated heterocycles. The van der Waals surface area contributed by atoms with Gasteiger partial charge in [-0.2, -0.15) is 5.10 Å². The van der Waals surface area contributed by atoms with Gasteiger partial charge in [-0.25, -0.2) is 4.68 Å². The number of rotatable bonds is 4. The van der Waals surface area contributed by atoms with Gasteiger partial charge in [-0.15, -0.1) is 10.2 Å². The van der Waals surface area contributed by atoms with Gasteiger partial charge >= 0.3 is 0 Å². The number of benzene rings is 2. The van der Waals surface area contributed by atoms with Crippen LogP contribution in [-0.4, -0.2) is 24.9 Å². The highest BCUT2D eigenvalue weighted by Crippen LogP contribution is 2.36. The second-order valence-electron chi connectivity index (χ2n) is 5.21. The SMILES string of the molecule is Cc1cc(-n2cccn2)cc(O)c1/N=N/c1cc([N+](=O)[O-])ccc1O. The average Bonchev–Trinajstić information content (AvgIpc) is 3.09. The number of phenols is 2. The van der Waals surface area contributed by atoms with Crippen molar-refractivity contribution in [2.45, 2.75) is 6.92 Å². The van der Waals surface area contributed by atoms with Crippen LogP contribution < -0.4 is 0 Å². The normalized spacial score (nSPS) is 11.1. The zero-order chi connectivity index (χ0) is 18.0. The van der Waals surface area contributed by atoms with Crippen LogP contribution in [0.5, 0.6) is 11.5 Å². The third-order valence-electron chi connectivity index (χ3n) is 3.46. The number of aromatic hydroxyl groups is 2. The molecule has 9 nitrogen and oxygen atoms in total. The fourth-order valence-electron chi connectivity index (χ4n) is 2.24. The summed E-state index contributed by atoms with van der Waals surface area (Å²) in [5, 5.41) is 42.6. The van der Waals surface area contributed by atoms with E-state index in [1.807, 2.05) is 0 Å². The first kappa shape index (κ1) is 16.1. The molecule has 0 radical (unpaired) electrons. The van der Waals surface area contributed by atoms with Crippen molar-refractivity contribution in [3.8, 4) is 17.2 Å². The molecule has 9 heteroatoms. The van der Waals surface area contributed by atoms with Crippen LogP contribution in [0.2, 0.25) is 0 Å². The van der Waals surface area contributed by atoms with E-state index in [1.165, 1.54) is 12.1 Å². The predicted molar refractivity (Wildman–Crippen MR) is 88.9 cm³/mol. The van der Waals surface area contributed by atoms with Crippen LogP contribution in [0.4, 0.5) is 17.1 Å². The van der Waals surface area contributed by atoms with Gasteiger partial charge in [0.25, 0.3) is 5.69 Å². The third-order valence-corrected chi connectivity index (χ3v) is 3.46. The van der Waals surface area contributed by atoms with E-state index in [0.29, 0.717) is 11.3 Å². The lowest BCUT2D eigenvalue weighted by atomic mass is 10.1. The van der Waals surface area contributed by atoms with Crippen molar-refractivity contribution in [3.05, 3.63) is 64.5 Å². The Hall–Kier alpha value is -3.75. The predicted octanol–water partition coefficient (Wildman–Crippen LogP) is 3.92. The maximum atomic E-state index is 10.8. The largest absolute Gasteiger partial charge is 0.506 e. The van der Waals surface area contributed by atoms with Gasteiger partial charge in [0.1, 0.15) is 22.9 Å². The van der Waals surface area contributed by atoms with Crippen LogP contribution in [0.1, 0.15) is 5.56 Å². The molecular weight excluding hydrogens is 326 g/mol. The van der Waals surface area contributed by atoms with Gasteiger partial charge in [-0.1, -0.05) is 0 Å². The molecule has 0 saturated carbocycles. The van der Waals surface area contributed by atoms with Crippen LogP contribution in [-0.2, 0) is 0 Å². The van der Waals surface area contributed by atoms with Crippen LogP contribution in [0, 0.1) is 17.0 Å². The summed E-state index contributed by atoms with van der Waals surface area (Å²) in [7, 11) is 0. The number of non-ortho nitro benzene ring substituents is 1. The van der Waals surface area contributed by atoms with E-state index in [-0.39, 0.29) is 28.6 Å². The molecule has 126 valence electrons. The third kappa shape index (κ3) is 3.29. The highest BCUT2D eigenvalue weighted by atomic mass is 16.6. The summed E-state index contributed by atoms with van der Waals surface area (Å²) in [6.07, 6.45) is 3.35. The molecule has 0 bridgehead atoms. The first-order chi connectivity index (χ1) is 12.0. The van der Waals surface area contributed by atoms with Crippen LogP contribution in [0.3, 0.4) is 0 Å². The van der Waals surface area contributed by atoms with E-state index in [4.69, 9.17) is 0 Å². The summed E-state index contributed by atoms with van der Waals surface area (Å²) >= 11 is 0. The van der Waals surface area contributed by atoms with Gasteiger partial charge in [0, 0.05) is 30.6 Å². The topological polar surface area (TPSA) is 126 Å². The molecule has 1 heterocycles. The zero-order valence-corrected chi connectivity index (χ0v) is 13.1. The lowest BCUT2D eigenvalue weighted by Crippen LogP contribution is -1.94. The number of nitro benzene ring substituents is 1. The number of hydrogen-bond acceptors (Lipinski definition) is 7. The Balaban J connectivity index is 1.97. The van der Waals surface area contributed by atoms with Gasteiger partial charge in [-0.05, 0) is 30.7 Å². The Bertz CT molecular complexity index is 944. The number of aryl methyl sites for hydroxylation is 1. The summed E-state index contributed by atoms with van der Waals surface area (Å²) in [5.41, 5.74) is 1.18. The maximum Gasteiger partial charge on any atom is 0.271 e. The number of nitro groups is 1. The first-order valence-corrected chi connectivity index (χ1v) is 7.18. The first-order valence-electron chi connectivity index (χ1n) is 7.18. The van der Waals surface area contributed by atoms with Crippen molar-refractivity contribution in [2.24, 2.45) is 10.2 Å². The summed E-state index contributed by atoms with van der Waals surface area (Å²) in [5.74, 6) is -0.376. The molecule has 25 heavy (non-hydrogen) atoms. The standard InChI is InChI=1S/C16H13N5O4/c1-10-7-12(20-6-2-5-17-20)9-15(23)16(10)19-18-13-8-11(21(24)25)3-4-14(13)22/h2-9,22-23H,1H3/b19-18+. The van der Waals surface area contributed by atoms with Gasteiger partial charge in [0.2, 0.25) is 0 Å². The minimum atomic E-state index is -0.597. The van der Waals surface area contributed by atoms with Crippen LogP contribution in [0.25, 0.3) is 5.69 Å². The molecule has 0 amide bonds. The monoisotopic (exact) mass is 339 g/mol. The fourth-order valence-corrected chi connectivity index (χ4v) is 2.24. The van der Waals surface area contributed by atoms with Gasteiger partial charge in [0.15, 0.2) is 0 Å². The Kier molecular flexibility index (Phi) is 4.12. The summed E-state index contributed by atoms with van der Waals surface area (Å²) < 4.78 is 1.58. The molecule has 0 atom stereocenters. The summed E-state index contributed by atoms with van der Waals surface area (Å²) in [6, 6.07) is 8.42. The average molecular weight is 339 g/mol. The second-order valence-corrected chi connectivity index (χ2v) is 5.21. The van der Waals surface area contributed by atoms with Crippen molar-refractivity contribution in [3.63, 3.8) is 0 Å². The number of azo groups is 1. The maximum absolute atomic E-state index is 10.8. The number of nitrogens with zero attached hydrogens (tertiary/aromatic N) is 5. The highest BCUT2D eigenvalue weighted by molar-refractivity contribution is 5.62. The Labute approximate surface area is 141 Å². The number of phenolic OH excluding ortho intramolecular Hbond substituents is 2. The van der Waals surface area contributed by atoms with Crippen molar-refractivity contribution in [1.29, 1.82) is 0 Å². The molecule has 3 aromatic rings. The van der Waals surface area contributed by atoms with Crippen molar-refractivity contribution in [2.75, 3.05) is 0 Å². The summed E-state index contributed by atoms with van der Waals surface area (Å²) in [4.78, 5) is 10.2. The second kappa shape index (κ2) is 6.40. The molecule has 3 rings (SSSR count). The molecule has 2 aromatic carbocycles. The van der Waals surface area contributed by atoms with E-state index >= 15 is 0 Å². The molecule has 0 fully saturated rings. The molecule has 0 spiro atoms. The van der Waals surface area contributed by atoms with E-state index in [2.05, 4.69) is 15.3 Å². The molecule has 0 aliphatic heterocycles. The zero-order valence-electron chi connectivity index (χ0n) is 13.1. The smallest absolute Gasteiger partial charge is 0.271 e. The highest BCUT2D eigenvalue weighted by Gasteiger charge is 2.12. The molecule has 0 aliphatic rings.